The molecule has 2 rings (SSSR count). The smallest absolute Gasteiger partial charge is 0.270 e. The minimum atomic E-state index is -0.877. The van der Waals surface area contributed by atoms with E-state index in [2.05, 4.69) is 0 Å². The third-order valence-corrected chi connectivity index (χ3v) is 2.49. The van der Waals surface area contributed by atoms with Gasteiger partial charge in [-0.15, -0.1) is 0 Å². The average molecular weight is 263 g/mol. The topological polar surface area (TPSA) is 60.2 Å². The van der Waals surface area contributed by atoms with Crippen molar-refractivity contribution in [3.05, 3.63) is 75.3 Å². The number of hydrogen-bond acceptors (Lipinski definition) is 3. The summed E-state index contributed by atoms with van der Waals surface area (Å²) in [6.45, 7) is 0. The summed E-state index contributed by atoms with van der Waals surface area (Å²) < 4.78 is 26.4. The Hall–Kier alpha value is -2.63. The molecule has 96 valence electrons. The minimum absolute atomic E-state index is 0.0706. The molecule has 0 aliphatic heterocycles. The van der Waals surface area contributed by atoms with Gasteiger partial charge in [0.05, 0.1) is 10.5 Å². The van der Waals surface area contributed by atoms with Gasteiger partial charge < -0.3 is 0 Å². The van der Waals surface area contributed by atoms with E-state index in [0.717, 1.165) is 24.3 Å². The highest BCUT2D eigenvalue weighted by atomic mass is 19.1. The highest BCUT2D eigenvalue weighted by molar-refractivity contribution is 6.09. The fraction of sp³-hybridized carbons (Fsp3) is 0. The molecule has 0 fully saturated rings. The Labute approximate surface area is 106 Å². The summed E-state index contributed by atoms with van der Waals surface area (Å²) in [6.07, 6.45) is 0. The quantitative estimate of drug-likeness (QED) is 0.485. The molecule has 0 unspecified atom stereocenters. The predicted molar refractivity (Wildman–Crippen MR) is 62.9 cm³/mol. The second kappa shape index (κ2) is 4.93. The van der Waals surface area contributed by atoms with Gasteiger partial charge >= 0.3 is 0 Å². The van der Waals surface area contributed by atoms with Crippen LogP contribution in [0.3, 0.4) is 0 Å². The van der Waals surface area contributed by atoms with E-state index in [1.807, 2.05) is 0 Å². The molecule has 2 aromatic carbocycles. The molecule has 0 aliphatic rings. The number of nitro groups is 1. The molecular weight excluding hydrogens is 256 g/mol. The van der Waals surface area contributed by atoms with Crippen LogP contribution in [0.25, 0.3) is 0 Å². The molecule has 0 radical (unpaired) electrons. The summed E-state index contributed by atoms with van der Waals surface area (Å²) in [6, 6.07) is 7.32. The molecule has 2 aromatic rings. The Morgan fingerprint density at radius 2 is 1.84 bits per heavy atom. The molecule has 0 heterocycles. The van der Waals surface area contributed by atoms with Gasteiger partial charge in [0.15, 0.2) is 5.78 Å². The van der Waals surface area contributed by atoms with E-state index in [9.17, 15) is 23.7 Å². The van der Waals surface area contributed by atoms with E-state index in [4.69, 9.17) is 0 Å². The Kier molecular flexibility index (Phi) is 3.33. The van der Waals surface area contributed by atoms with E-state index in [1.54, 1.807) is 0 Å². The molecule has 0 saturated carbocycles. The van der Waals surface area contributed by atoms with E-state index in [1.165, 1.54) is 18.2 Å². The van der Waals surface area contributed by atoms with Crippen LogP contribution in [0, 0.1) is 21.7 Å². The van der Waals surface area contributed by atoms with Gasteiger partial charge in [0, 0.05) is 17.7 Å². The van der Waals surface area contributed by atoms with Crippen LogP contribution in [-0.2, 0) is 0 Å². The van der Waals surface area contributed by atoms with Crippen LogP contribution in [0.5, 0.6) is 0 Å². The Balaban J connectivity index is 2.47. The monoisotopic (exact) mass is 263 g/mol. The van der Waals surface area contributed by atoms with Crippen molar-refractivity contribution >= 4 is 11.5 Å². The SMILES string of the molecule is O=C(c1cccc([N+](=O)[O-])c1)c1cc(F)ccc1F. The number of rotatable bonds is 3. The lowest BCUT2D eigenvalue weighted by atomic mass is 10.0. The van der Waals surface area contributed by atoms with Crippen molar-refractivity contribution in [1.82, 2.24) is 0 Å². The van der Waals surface area contributed by atoms with Gasteiger partial charge in [-0.3, -0.25) is 14.9 Å². The number of nitro benzene ring substituents is 1. The Bertz CT molecular complexity index is 671. The summed E-state index contributed by atoms with van der Waals surface area (Å²) in [4.78, 5) is 21.9. The number of benzene rings is 2. The first-order valence-electron chi connectivity index (χ1n) is 5.23. The normalized spacial score (nSPS) is 10.2. The zero-order valence-corrected chi connectivity index (χ0v) is 9.47. The van der Waals surface area contributed by atoms with Crippen molar-refractivity contribution < 1.29 is 18.5 Å². The highest BCUT2D eigenvalue weighted by Crippen LogP contribution is 2.19. The number of carbonyl (C=O) groups excluding carboxylic acids is 1. The second-order valence-corrected chi connectivity index (χ2v) is 3.76. The average Bonchev–Trinajstić information content (AvgIpc) is 2.41. The van der Waals surface area contributed by atoms with Gasteiger partial charge in [0.1, 0.15) is 11.6 Å². The lowest BCUT2D eigenvalue weighted by Gasteiger charge is -2.03. The van der Waals surface area contributed by atoms with E-state index < -0.39 is 27.9 Å². The Morgan fingerprint density at radius 3 is 2.53 bits per heavy atom. The first-order valence-corrected chi connectivity index (χ1v) is 5.23. The summed E-state index contributed by atoms with van der Waals surface area (Å²) >= 11 is 0. The van der Waals surface area contributed by atoms with Gasteiger partial charge in [-0.05, 0) is 18.2 Å². The van der Waals surface area contributed by atoms with Crippen LogP contribution in [0.2, 0.25) is 0 Å². The fourth-order valence-corrected chi connectivity index (χ4v) is 1.59. The van der Waals surface area contributed by atoms with Crippen molar-refractivity contribution in [3.8, 4) is 0 Å². The van der Waals surface area contributed by atoms with Gasteiger partial charge in [0.2, 0.25) is 0 Å². The summed E-state index contributed by atoms with van der Waals surface area (Å²) in [5, 5.41) is 10.6. The van der Waals surface area contributed by atoms with Crippen molar-refractivity contribution in [2.45, 2.75) is 0 Å². The van der Waals surface area contributed by atoms with Crippen LogP contribution in [-0.4, -0.2) is 10.7 Å². The van der Waals surface area contributed by atoms with Crippen LogP contribution in [0.4, 0.5) is 14.5 Å². The summed E-state index contributed by atoms with van der Waals surface area (Å²) in [5.41, 5.74) is -0.818. The standard InChI is InChI=1S/C13H7F2NO3/c14-9-4-5-12(15)11(7-9)13(17)8-2-1-3-10(6-8)16(18)19/h1-7H. The number of carbonyl (C=O) groups is 1. The number of hydrogen-bond donors (Lipinski definition) is 0. The number of non-ortho nitro benzene ring substituents is 1. The summed E-state index contributed by atoms with van der Waals surface area (Å²) in [5.74, 6) is -2.44. The van der Waals surface area contributed by atoms with Gasteiger partial charge in [-0.1, -0.05) is 12.1 Å². The molecular formula is C13H7F2NO3. The van der Waals surface area contributed by atoms with E-state index in [-0.39, 0.29) is 11.3 Å². The van der Waals surface area contributed by atoms with Gasteiger partial charge in [-0.25, -0.2) is 8.78 Å². The fourth-order valence-electron chi connectivity index (χ4n) is 1.59. The second-order valence-electron chi connectivity index (χ2n) is 3.76. The molecule has 0 saturated heterocycles. The molecule has 0 bridgehead atoms. The maximum atomic E-state index is 13.4. The van der Waals surface area contributed by atoms with Gasteiger partial charge in [-0.2, -0.15) is 0 Å². The lowest BCUT2D eigenvalue weighted by Crippen LogP contribution is -2.05. The zero-order valence-electron chi connectivity index (χ0n) is 9.47. The third kappa shape index (κ3) is 2.62. The minimum Gasteiger partial charge on any atom is -0.288 e. The molecule has 0 spiro atoms. The lowest BCUT2D eigenvalue weighted by molar-refractivity contribution is -0.384. The van der Waals surface area contributed by atoms with Crippen molar-refractivity contribution in [1.29, 1.82) is 0 Å². The predicted octanol–water partition coefficient (Wildman–Crippen LogP) is 3.10. The molecule has 0 aromatic heterocycles. The summed E-state index contributed by atoms with van der Waals surface area (Å²) in [7, 11) is 0. The molecule has 6 heteroatoms. The molecule has 19 heavy (non-hydrogen) atoms. The molecule has 0 atom stereocenters. The molecule has 0 amide bonds. The number of ketones is 1. The van der Waals surface area contributed by atoms with Crippen molar-refractivity contribution in [2.75, 3.05) is 0 Å². The van der Waals surface area contributed by atoms with Crippen molar-refractivity contribution in [3.63, 3.8) is 0 Å². The third-order valence-electron chi connectivity index (χ3n) is 2.49. The first kappa shape index (κ1) is 12.8. The highest BCUT2D eigenvalue weighted by Gasteiger charge is 2.17. The van der Waals surface area contributed by atoms with Gasteiger partial charge in [0.25, 0.3) is 5.69 Å². The van der Waals surface area contributed by atoms with Crippen molar-refractivity contribution in [2.24, 2.45) is 0 Å². The molecule has 4 nitrogen and oxygen atoms in total. The maximum Gasteiger partial charge on any atom is 0.270 e. The van der Waals surface area contributed by atoms with Crippen LogP contribution in [0.1, 0.15) is 15.9 Å². The molecule has 0 N–H and O–H groups in total. The first-order chi connectivity index (χ1) is 8.99. The van der Waals surface area contributed by atoms with Crippen LogP contribution < -0.4 is 0 Å². The number of nitrogens with zero attached hydrogens (tertiary/aromatic N) is 1. The number of halogens is 2. The zero-order chi connectivity index (χ0) is 14.0. The Morgan fingerprint density at radius 1 is 1.11 bits per heavy atom. The van der Waals surface area contributed by atoms with Crippen LogP contribution in [0.15, 0.2) is 42.5 Å². The van der Waals surface area contributed by atoms with Crippen LogP contribution >= 0.6 is 0 Å². The maximum absolute atomic E-state index is 13.4. The molecule has 0 aliphatic carbocycles. The van der Waals surface area contributed by atoms with E-state index in [0.29, 0.717) is 0 Å². The largest absolute Gasteiger partial charge is 0.288 e. The van der Waals surface area contributed by atoms with E-state index >= 15 is 0 Å².